The molecule has 15 heavy (non-hydrogen) atoms. The molecule has 0 aliphatic rings. The zero-order chi connectivity index (χ0) is 11.4. The molecule has 0 heterocycles. The Kier molecular flexibility index (Phi) is 3.99. The van der Waals surface area contributed by atoms with Crippen LogP contribution in [-0.2, 0) is 0 Å². The van der Waals surface area contributed by atoms with E-state index in [-0.39, 0.29) is 24.3 Å². The molecule has 84 valence electrons. The molecular formula is C10H13F2NO2. The summed E-state index contributed by atoms with van der Waals surface area (Å²) in [7, 11) is 0. The van der Waals surface area contributed by atoms with Crippen LogP contribution in [0.1, 0.15) is 30.0 Å². The quantitative estimate of drug-likeness (QED) is 0.719. The lowest BCUT2D eigenvalue weighted by Gasteiger charge is -2.13. The van der Waals surface area contributed by atoms with Crippen LogP contribution in [0.25, 0.3) is 0 Å². The van der Waals surface area contributed by atoms with Crippen molar-refractivity contribution in [3.05, 3.63) is 29.3 Å². The Bertz CT molecular complexity index is 331. The van der Waals surface area contributed by atoms with E-state index >= 15 is 0 Å². The summed E-state index contributed by atoms with van der Waals surface area (Å²) in [6.07, 6.45) is -2.33. The molecule has 0 aromatic heterocycles. The fourth-order valence-electron chi connectivity index (χ4n) is 1.30. The van der Waals surface area contributed by atoms with E-state index in [0.29, 0.717) is 5.56 Å². The van der Waals surface area contributed by atoms with Gasteiger partial charge >= 0.3 is 0 Å². The van der Waals surface area contributed by atoms with Crippen molar-refractivity contribution in [2.75, 3.05) is 6.61 Å². The number of hydrogen-bond donors (Lipinski definition) is 3. The van der Waals surface area contributed by atoms with Crippen molar-refractivity contribution < 1.29 is 19.0 Å². The standard InChI is InChI=1S/C10H13F2NO2/c11-10(12)6-1-2-7(9(15)5-6)8(13)3-4-14/h1-2,5,8,10,14-15H,3-4,13H2. The van der Waals surface area contributed by atoms with Gasteiger partial charge in [0.1, 0.15) is 5.75 Å². The molecule has 1 aromatic carbocycles. The van der Waals surface area contributed by atoms with E-state index < -0.39 is 12.5 Å². The second-order valence-electron chi connectivity index (χ2n) is 3.24. The smallest absolute Gasteiger partial charge is 0.263 e. The Morgan fingerprint density at radius 1 is 1.33 bits per heavy atom. The largest absolute Gasteiger partial charge is 0.508 e. The molecule has 4 N–H and O–H groups in total. The number of aliphatic hydroxyl groups is 1. The molecule has 3 nitrogen and oxygen atoms in total. The Morgan fingerprint density at radius 3 is 2.47 bits per heavy atom. The third-order valence-corrected chi connectivity index (χ3v) is 2.15. The molecule has 0 fully saturated rings. The first-order chi connectivity index (χ1) is 7.06. The Hall–Kier alpha value is -1.20. The van der Waals surface area contributed by atoms with Gasteiger partial charge < -0.3 is 15.9 Å². The molecule has 0 saturated heterocycles. The van der Waals surface area contributed by atoms with Crippen molar-refractivity contribution in [2.24, 2.45) is 5.73 Å². The van der Waals surface area contributed by atoms with Gasteiger partial charge in [0.15, 0.2) is 0 Å². The lowest BCUT2D eigenvalue weighted by Crippen LogP contribution is -2.12. The Labute approximate surface area is 86.2 Å². The number of alkyl halides is 2. The Morgan fingerprint density at radius 2 is 2.00 bits per heavy atom. The van der Waals surface area contributed by atoms with Crippen molar-refractivity contribution in [3.8, 4) is 5.75 Å². The first-order valence-corrected chi connectivity index (χ1v) is 4.53. The molecule has 0 amide bonds. The highest BCUT2D eigenvalue weighted by molar-refractivity contribution is 5.38. The fraction of sp³-hybridized carbons (Fsp3) is 0.400. The molecule has 1 aromatic rings. The minimum absolute atomic E-state index is 0.114. The van der Waals surface area contributed by atoms with Gasteiger partial charge in [0, 0.05) is 23.8 Å². The van der Waals surface area contributed by atoms with Crippen LogP contribution in [-0.4, -0.2) is 16.8 Å². The number of hydrogen-bond acceptors (Lipinski definition) is 3. The van der Waals surface area contributed by atoms with E-state index in [1.807, 2.05) is 0 Å². The lowest BCUT2D eigenvalue weighted by atomic mass is 10.0. The van der Waals surface area contributed by atoms with Gasteiger partial charge in [-0.1, -0.05) is 12.1 Å². The number of rotatable bonds is 4. The molecule has 0 aliphatic heterocycles. The summed E-state index contributed by atoms with van der Waals surface area (Å²) >= 11 is 0. The van der Waals surface area contributed by atoms with E-state index in [1.165, 1.54) is 12.1 Å². The first-order valence-electron chi connectivity index (χ1n) is 4.53. The van der Waals surface area contributed by atoms with Crippen molar-refractivity contribution in [1.82, 2.24) is 0 Å². The summed E-state index contributed by atoms with van der Waals surface area (Å²) in [5, 5.41) is 18.1. The molecule has 1 atom stereocenters. The van der Waals surface area contributed by atoms with Gasteiger partial charge in [-0.05, 0) is 12.5 Å². The van der Waals surface area contributed by atoms with Gasteiger partial charge in [0.2, 0.25) is 0 Å². The minimum Gasteiger partial charge on any atom is -0.508 e. The molecule has 5 heteroatoms. The van der Waals surface area contributed by atoms with Gasteiger partial charge in [0.05, 0.1) is 0 Å². The average molecular weight is 217 g/mol. The number of phenolic OH excluding ortho intramolecular Hbond substituents is 1. The van der Waals surface area contributed by atoms with Crippen LogP contribution in [0, 0.1) is 0 Å². The normalized spacial score (nSPS) is 13.1. The zero-order valence-electron chi connectivity index (χ0n) is 8.03. The van der Waals surface area contributed by atoms with E-state index in [1.54, 1.807) is 0 Å². The minimum atomic E-state index is -2.61. The lowest BCUT2D eigenvalue weighted by molar-refractivity contribution is 0.151. The molecule has 1 unspecified atom stereocenters. The molecule has 0 spiro atoms. The molecule has 1 rings (SSSR count). The van der Waals surface area contributed by atoms with Crippen LogP contribution in [0.3, 0.4) is 0 Å². The van der Waals surface area contributed by atoms with Crippen LogP contribution < -0.4 is 5.73 Å². The predicted molar refractivity (Wildman–Crippen MR) is 51.7 cm³/mol. The number of benzene rings is 1. The number of halogens is 2. The van der Waals surface area contributed by atoms with E-state index in [2.05, 4.69) is 0 Å². The predicted octanol–water partition coefficient (Wildman–Crippen LogP) is 1.71. The summed E-state index contributed by atoms with van der Waals surface area (Å²) in [6.45, 7) is -0.114. The Balaban J connectivity index is 2.92. The average Bonchev–Trinajstić information content (AvgIpc) is 2.17. The van der Waals surface area contributed by atoms with Crippen LogP contribution in [0.5, 0.6) is 5.75 Å². The number of phenols is 1. The van der Waals surface area contributed by atoms with Gasteiger partial charge in [0.25, 0.3) is 6.43 Å². The van der Waals surface area contributed by atoms with Crippen molar-refractivity contribution in [2.45, 2.75) is 18.9 Å². The third kappa shape index (κ3) is 2.87. The summed E-state index contributed by atoms with van der Waals surface area (Å²) in [6, 6.07) is 3.03. The molecular weight excluding hydrogens is 204 g/mol. The SMILES string of the molecule is NC(CCO)c1ccc(C(F)F)cc1O. The first kappa shape index (κ1) is 11.9. The van der Waals surface area contributed by atoms with Gasteiger partial charge in [-0.15, -0.1) is 0 Å². The van der Waals surface area contributed by atoms with Crippen molar-refractivity contribution in [1.29, 1.82) is 0 Å². The van der Waals surface area contributed by atoms with Crippen LogP contribution >= 0.6 is 0 Å². The van der Waals surface area contributed by atoms with Crippen LogP contribution in [0.15, 0.2) is 18.2 Å². The number of nitrogens with two attached hydrogens (primary N) is 1. The maximum atomic E-state index is 12.2. The maximum Gasteiger partial charge on any atom is 0.263 e. The monoisotopic (exact) mass is 217 g/mol. The molecule has 0 saturated carbocycles. The highest BCUT2D eigenvalue weighted by atomic mass is 19.3. The maximum absolute atomic E-state index is 12.2. The highest BCUT2D eigenvalue weighted by Crippen LogP contribution is 2.29. The highest BCUT2D eigenvalue weighted by Gasteiger charge is 2.14. The number of aromatic hydroxyl groups is 1. The van der Waals surface area contributed by atoms with Gasteiger partial charge in [-0.3, -0.25) is 0 Å². The fourth-order valence-corrected chi connectivity index (χ4v) is 1.30. The van der Waals surface area contributed by atoms with Crippen LogP contribution in [0.2, 0.25) is 0 Å². The van der Waals surface area contributed by atoms with Crippen molar-refractivity contribution >= 4 is 0 Å². The molecule has 0 aliphatic carbocycles. The molecule has 0 bridgehead atoms. The molecule has 0 radical (unpaired) electrons. The third-order valence-electron chi connectivity index (χ3n) is 2.15. The van der Waals surface area contributed by atoms with Gasteiger partial charge in [-0.25, -0.2) is 8.78 Å². The summed E-state index contributed by atoms with van der Waals surface area (Å²) < 4.78 is 24.5. The zero-order valence-corrected chi connectivity index (χ0v) is 8.03. The van der Waals surface area contributed by atoms with E-state index in [4.69, 9.17) is 10.8 Å². The van der Waals surface area contributed by atoms with Crippen LogP contribution in [0.4, 0.5) is 8.78 Å². The second-order valence-corrected chi connectivity index (χ2v) is 3.24. The summed E-state index contributed by atoms with van der Waals surface area (Å²) in [5.74, 6) is -0.256. The van der Waals surface area contributed by atoms with Crippen molar-refractivity contribution in [3.63, 3.8) is 0 Å². The van der Waals surface area contributed by atoms with E-state index in [9.17, 15) is 13.9 Å². The summed E-state index contributed by atoms with van der Waals surface area (Å²) in [5.41, 5.74) is 5.75. The second kappa shape index (κ2) is 5.04. The van der Waals surface area contributed by atoms with Gasteiger partial charge in [-0.2, -0.15) is 0 Å². The number of aliphatic hydroxyl groups excluding tert-OH is 1. The van der Waals surface area contributed by atoms with E-state index in [0.717, 1.165) is 6.07 Å². The topological polar surface area (TPSA) is 66.5 Å². The summed E-state index contributed by atoms with van der Waals surface area (Å²) in [4.78, 5) is 0.